The van der Waals surface area contributed by atoms with Crippen molar-refractivity contribution in [2.75, 3.05) is 27.3 Å². The van der Waals surface area contributed by atoms with Gasteiger partial charge in [0.15, 0.2) is 0 Å². The summed E-state index contributed by atoms with van der Waals surface area (Å²) < 4.78 is 34.8. The van der Waals surface area contributed by atoms with Crippen LogP contribution in [0, 0.1) is 0 Å². The Bertz CT molecular complexity index is 1300. The van der Waals surface area contributed by atoms with Crippen molar-refractivity contribution in [3.63, 3.8) is 0 Å². The minimum absolute atomic E-state index is 0.0372. The third kappa shape index (κ3) is 4.72. The van der Waals surface area contributed by atoms with Gasteiger partial charge in [-0.3, -0.25) is 4.79 Å². The Kier molecular flexibility index (Phi) is 6.40. The van der Waals surface area contributed by atoms with Gasteiger partial charge < -0.3 is 14.4 Å². The van der Waals surface area contributed by atoms with Crippen LogP contribution in [0.15, 0.2) is 65.6 Å². The van der Waals surface area contributed by atoms with E-state index in [0.717, 1.165) is 29.0 Å². The molecular weight excluding hydrogens is 440 g/mol. The summed E-state index contributed by atoms with van der Waals surface area (Å²) in [6, 6.07) is 17.7. The van der Waals surface area contributed by atoms with Gasteiger partial charge in [0.25, 0.3) is 5.91 Å². The molecule has 0 saturated carbocycles. The molecule has 0 aromatic heterocycles. The SMILES string of the molecule is COc1ccc(OC)c(CCN2CCc3ccc(-c4ccccc4S(N)(=O)=O)cc3C2=O)c1. The van der Waals surface area contributed by atoms with Gasteiger partial charge in [-0.2, -0.15) is 0 Å². The zero-order chi connectivity index (χ0) is 23.6. The van der Waals surface area contributed by atoms with Crippen LogP contribution in [0.25, 0.3) is 11.1 Å². The molecule has 1 amide bonds. The highest BCUT2D eigenvalue weighted by Crippen LogP contribution is 2.31. The number of methoxy groups -OCH3 is 2. The van der Waals surface area contributed by atoms with Crippen molar-refractivity contribution in [1.29, 1.82) is 0 Å². The Balaban J connectivity index is 1.60. The Morgan fingerprint density at radius 2 is 1.76 bits per heavy atom. The van der Waals surface area contributed by atoms with Crippen LogP contribution in [0.4, 0.5) is 0 Å². The maximum absolute atomic E-state index is 13.3. The molecule has 2 N–H and O–H groups in total. The van der Waals surface area contributed by atoms with Crippen LogP contribution in [0.2, 0.25) is 0 Å². The third-order valence-electron chi connectivity index (χ3n) is 5.92. The summed E-state index contributed by atoms with van der Waals surface area (Å²) in [4.78, 5) is 15.2. The molecule has 0 saturated heterocycles. The minimum Gasteiger partial charge on any atom is -0.497 e. The van der Waals surface area contributed by atoms with Crippen LogP contribution < -0.4 is 14.6 Å². The van der Waals surface area contributed by atoms with Gasteiger partial charge in [0.1, 0.15) is 11.5 Å². The lowest BCUT2D eigenvalue weighted by Crippen LogP contribution is -2.38. The Hall–Kier alpha value is -3.36. The van der Waals surface area contributed by atoms with Crippen molar-refractivity contribution in [3.8, 4) is 22.6 Å². The maximum Gasteiger partial charge on any atom is 0.254 e. The standard InChI is InChI=1S/C25H26N2O5S/c1-31-20-9-10-23(32-2)19(15-20)12-14-27-13-11-17-7-8-18(16-22(17)25(27)28)21-5-3-4-6-24(21)33(26,29)30/h3-10,15-16H,11-14H2,1-2H3,(H2,26,29,30). The van der Waals surface area contributed by atoms with E-state index >= 15 is 0 Å². The molecule has 172 valence electrons. The van der Waals surface area contributed by atoms with Gasteiger partial charge in [-0.05, 0) is 59.9 Å². The number of nitrogens with two attached hydrogens (primary N) is 1. The zero-order valence-corrected chi connectivity index (χ0v) is 19.4. The quantitative estimate of drug-likeness (QED) is 0.576. The fourth-order valence-corrected chi connectivity index (χ4v) is 4.95. The Morgan fingerprint density at radius 3 is 2.48 bits per heavy atom. The predicted molar refractivity (Wildman–Crippen MR) is 126 cm³/mol. The summed E-state index contributed by atoms with van der Waals surface area (Å²) in [5.41, 5.74) is 3.62. The number of hydrogen-bond donors (Lipinski definition) is 1. The summed E-state index contributed by atoms with van der Waals surface area (Å²) in [7, 11) is -0.663. The highest BCUT2D eigenvalue weighted by Gasteiger charge is 2.25. The fourth-order valence-electron chi connectivity index (χ4n) is 4.19. The largest absolute Gasteiger partial charge is 0.497 e. The molecule has 4 rings (SSSR count). The second kappa shape index (κ2) is 9.25. The molecule has 0 bridgehead atoms. The summed E-state index contributed by atoms with van der Waals surface area (Å²) in [5, 5.41) is 5.40. The molecule has 3 aromatic carbocycles. The van der Waals surface area contributed by atoms with E-state index in [1.165, 1.54) is 6.07 Å². The summed E-state index contributed by atoms with van der Waals surface area (Å²) in [6.07, 6.45) is 1.35. The summed E-state index contributed by atoms with van der Waals surface area (Å²) in [6.45, 7) is 1.14. The number of rotatable bonds is 7. The van der Waals surface area contributed by atoms with E-state index in [2.05, 4.69) is 0 Å². The van der Waals surface area contributed by atoms with E-state index in [0.29, 0.717) is 36.2 Å². The summed E-state index contributed by atoms with van der Waals surface area (Å²) in [5.74, 6) is 1.41. The van der Waals surface area contributed by atoms with Crippen LogP contribution >= 0.6 is 0 Å². The number of ether oxygens (including phenoxy) is 2. The molecule has 0 spiro atoms. The van der Waals surface area contributed by atoms with Crippen molar-refractivity contribution in [2.45, 2.75) is 17.7 Å². The summed E-state index contributed by atoms with van der Waals surface area (Å²) >= 11 is 0. The number of benzene rings is 3. The van der Waals surface area contributed by atoms with Crippen molar-refractivity contribution >= 4 is 15.9 Å². The van der Waals surface area contributed by atoms with Gasteiger partial charge in [-0.1, -0.05) is 30.3 Å². The predicted octanol–water partition coefficient (Wildman–Crippen LogP) is 3.26. The highest BCUT2D eigenvalue weighted by molar-refractivity contribution is 7.89. The van der Waals surface area contributed by atoms with E-state index in [1.807, 2.05) is 35.2 Å². The topological polar surface area (TPSA) is 98.9 Å². The number of carbonyl (C=O) groups is 1. The highest BCUT2D eigenvalue weighted by atomic mass is 32.2. The molecule has 0 unspecified atom stereocenters. The van der Waals surface area contributed by atoms with E-state index in [4.69, 9.17) is 14.6 Å². The monoisotopic (exact) mass is 466 g/mol. The molecular formula is C25H26N2O5S. The van der Waals surface area contributed by atoms with Crippen molar-refractivity contribution < 1.29 is 22.7 Å². The number of nitrogens with zero attached hydrogens (tertiary/aromatic N) is 1. The average Bonchev–Trinajstić information content (AvgIpc) is 2.82. The lowest BCUT2D eigenvalue weighted by molar-refractivity contribution is 0.0741. The first-order valence-electron chi connectivity index (χ1n) is 10.6. The van der Waals surface area contributed by atoms with Gasteiger partial charge in [0.2, 0.25) is 10.0 Å². The molecule has 3 aromatic rings. The second-order valence-corrected chi connectivity index (χ2v) is 9.41. The molecule has 33 heavy (non-hydrogen) atoms. The number of amides is 1. The normalized spacial score (nSPS) is 13.5. The van der Waals surface area contributed by atoms with Crippen LogP contribution in [0.5, 0.6) is 11.5 Å². The number of hydrogen-bond acceptors (Lipinski definition) is 5. The zero-order valence-electron chi connectivity index (χ0n) is 18.6. The number of primary sulfonamides is 1. The Morgan fingerprint density at radius 1 is 0.970 bits per heavy atom. The molecule has 7 nitrogen and oxygen atoms in total. The molecule has 1 aliphatic rings. The van der Waals surface area contributed by atoms with Crippen LogP contribution in [-0.4, -0.2) is 46.5 Å². The van der Waals surface area contributed by atoms with E-state index in [-0.39, 0.29) is 10.8 Å². The maximum atomic E-state index is 13.3. The Labute approximate surface area is 193 Å². The second-order valence-electron chi connectivity index (χ2n) is 7.88. The molecule has 1 heterocycles. The minimum atomic E-state index is -3.90. The van der Waals surface area contributed by atoms with Crippen LogP contribution in [-0.2, 0) is 22.9 Å². The smallest absolute Gasteiger partial charge is 0.254 e. The molecule has 0 radical (unpaired) electrons. The molecule has 0 atom stereocenters. The van der Waals surface area contributed by atoms with Crippen LogP contribution in [0.1, 0.15) is 21.5 Å². The van der Waals surface area contributed by atoms with Gasteiger partial charge in [0.05, 0.1) is 19.1 Å². The fraction of sp³-hybridized carbons (Fsp3) is 0.240. The van der Waals surface area contributed by atoms with Gasteiger partial charge in [-0.15, -0.1) is 0 Å². The molecule has 8 heteroatoms. The van der Waals surface area contributed by atoms with Gasteiger partial charge in [0, 0.05) is 24.2 Å². The van der Waals surface area contributed by atoms with E-state index < -0.39 is 10.0 Å². The van der Waals surface area contributed by atoms with Crippen molar-refractivity contribution in [2.24, 2.45) is 5.14 Å². The number of sulfonamides is 1. The van der Waals surface area contributed by atoms with E-state index in [1.54, 1.807) is 38.5 Å². The molecule has 0 aliphatic carbocycles. The first-order valence-corrected chi connectivity index (χ1v) is 12.1. The molecule has 0 fully saturated rings. The van der Waals surface area contributed by atoms with E-state index in [9.17, 15) is 13.2 Å². The first kappa shape index (κ1) is 22.8. The molecule has 1 aliphatic heterocycles. The number of carbonyl (C=O) groups excluding carboxylic acids is 1. The lowest BCUT2D eigenvalue weighted by Gasteiger charge is -2.29. The number of fused-ring (bicyclic) bond motifs is 1. The van der Waals surface area contributed by atoms with Crippen LogP contribution in [0.3, 0.4) is 0 Å². The van der Waals surface area contributed by atoms with Crippen molar-refractivity contribution in [3.05, 3.63) is 77.4 Å². The third-order valence-corrected chi connectivity index (χ3v) is 6.89. The lowest BCUT2D eigenvalue weighted by atomic mass is 9.94. The average molecular weight is 467 g/mol. The van der Waals surface area contributed by atoms with Gasteiger partial charge >= 0.3 is 0 Å². The van der Waals surface area contributed by atoms with Gasteiger partial charge in [-0.25, -0.2) is 13.6 Å². The first-order chi connectivity index (χ1) is 15.8. The van der Waals surface area contributed by atoms with Crippen molar-refractivity contribution in [1.82, 2.24) is 4.90 Å².